The number of hydrogen-bond donors (Lipinski definition) is 5. The predicted octanol–water partition coefficient (Wildman–Crippen LogP) is 3.25. The van der Waals surface area contributed by atoms with Crippen LogP contribution < -0.4 is 16.0 Å². The summed E-state index contributed by atoms with van der Waals surface area (Å²) in [6.45, 7) is 10.3. The van der Waals surface area contributed by atoms with Gasteiger partial charge in [-0.25, -0.2) is 19.4 Å². The third-order valence-corrected chi connectivity index (χ3v) is 6.99. The molecule has 1 aliphatic heterocycles. The summed E-state index contributed by atoms with van der Waals surface area (Å²) < 4.78 is 28.3. The second kappa shape index (κ2) is 17.8. The predicted molar refractivity (Wildman–Crippen MR) is 185 cm³/mol. The number of hydrogen-bond acceptors (Lipinski definition) is 12. The van der Waals surface area contributed by atoms with Crippen LogP contribution in [0.4, 0.5) is 9.59 Å². The largest absolute Gasteiger partial charge is 0.478 e. The van der Waals surface area contributed by atoms with Crippen molar-refractivity contribution in [3.63, 3.8) is 0 Å². The van der Waals surface area contributed by atoms with Gasteiger partial charge < -0.3 is 39.2 Å². The fourth-order valence-corrected chi connectivity index (χ4v) is 5.03. The third kappa shape index (κ3) is 12.7. The first-order chi connectivity index (χ1) is 23.9. The Bertz CT molecular complexity index is 1480. The van der Waals surface area contributed by atoms with Crippen LogP contribution in [0, 0.1) is 0 Å². The number of aliphatic hydroxyl groups excluding tert-OH is 2. The van der Waals surface area contributed by atoms with Crippen molar-refractivity contribution in [1.29, 1.82) is 0 Å². The molecule has 3 rings (SSSR count). The van der Waals surface area contributed by atoms with Crippen molar-refractivity contribution in [3.05, 3.63) is 83.6 Å². The van der Waals surface area contributed by atoms with Gasteiger partial charge in [0.2, 0.25) is 17.6 Å². The summed E-state index contributed by atoms with van der Waals surface area (Å²) in [5.41, 5.74) is -0.542. The molecule has 51 heavy (non-hydrogen) atoms. The highest BCUT2D eigenvalue weighted by Gasteiger charge is 2.45. The van der Waals surface area contributed by atoms with Gasteiger partial charge in [-0.3, -0.25) is 15.4 Å². The topological polar surface area (TPSA) is 203 Å². The van der Waals surface area contributed by atoms with E-state index in [1.165, 1.54) is 20.1 Å². The summed E-state index contributed by atoms with van der Waals surface area (Å²) in [5.74, 6) is -2.37. The Morgan fingerprint density at radius 2 is 1.35 bits per heavy atom. The Morgan fingerprint density at radius 1 is 0.863 bits per heavy atom. The first-order valence-corrected chi connectivity index (χ1v) is 16.3. The van der Waals surface area contributed by atoms with Crippen LogP contribution in [0.5, 0.6) is 0 Å². The molecule has 3 amide bonds. The van der Waals surface area contributed by atoms with E-state index in [1.807, 2.05) is 12.1 Å². The Morgan fingerprint density at radius 3 is 1.76 bits per heavy atom. The second-order valence-electron chi connectivity index (χ2n) is 13.6. The lowest BCUT2D eigenvalue weighted by molar-refractivity contribution is -0.157. The number of aliphatic imine (C=N–C) groups is 1. The average Bonchev–Trinajstić information content (AvgIpc) is 3.03. The molecule has 0 bridgehead atoms. The summed E-state index contributed by atoms with van der Waals surface area (Å²) in [6.07, 6.45) is -5.87. The molecule has 0 spiro atoms. The Hall–Kier alpha value is -4.99. The molecule has 0 unspecified atom stereocenters. The van der Waals surface area contributed by atoms with Gasteiger partial charge >= 0.3 is 18.2 Å². The lowest BCUT2D eigenvalue weighted by atomic mass is 9.92. The van der Waals surface area contributed by atoms with Crippen LogP contribution in [-0.4, -0.2) is 95.5 Å². The van der Waals surface area contributed by atoms with Crippen LogP contribution in [0.3, 0.4) is 0 Å². The summed E-state index contributed by atoms with van der Waals surface area (Å²) >= 11 is 0. The first-order valence-electron chi connectivity index (χ1n) is 16.3. The molecular weight excluding hydrogens is 664 g/mol. The number of alkyl carbamates (subject to hydrolysis) is 2. The van der Waals surface area contributed by atoms with Gasteiger partial charge in [-0.05, 0) is 58.7 Å². The smallest absolute Gasteiger partial charge is 0.414 e. The van der Waals surface area contributed by atoms with Crippen molar-refractivity contribution >= 4 is 30.0 Å². The second-order valence-corrected chi connectivity index (χ2v) is 13.6. The number of aliphatic hydroxyl groups is 2. The molecule has 0 fully saturated rings. The molecular formula is C36H48N4O11. The van der Waals surface area contributed by atoms with Gasteiger partial charge in [0.1, 0.15) is 23.4 Å². The number of esters is 1. The van der Waals surface area contributed by atoms with E-state index >= 15 is 0 Å². The van der Waals surface area contributed by atoms with Gasteiger partial charge in [0, 0.05) is 14.0 Å². The maximum Gasteiger partial charge on any atom is 0.414 e. The molecule has 0 aliphatic carbocycles. The van der Waals surface area contributed by atoms with Gasteiger partial charge in [-0.1, -0.05) is 60.7 Å². The zero-order valence-electron chi connectivity index (χ0n) is 30.0. The standard InChI is InChI=1S/C36H48N4O11/c1-21(42)37-27-24(38-32(39-33(45)50-35(2,3)4)40-34(46)51-36(5,6)7)19-26(48-30(27)29(47-8)25(43)20-41)31(44)49-28(22-15-11-9-12-16-22)23-17-13-10-14-18-23/h9-19,24-25,27-30,41,43H,20H2,1-8H3,(H,37,42)(H2,38,39,40,45,46)/t24-,25+,27+,29+,30+/m0/s1. The van der Waals surface area contributed by atoms with E-state index < -0.39 is 90.1 Å². The SMILES string of the molecule is CO[C@@H]([C@@H]1OC(C(=O)OC(c2ccccc2)c2ccccc2)=C[C@H](N=C(NC(=O)OC(C)(C)C)NC(=O)OC(C)(C)C)[C@H]1NC(C)=O)[C@H](O)CO. The zero-order chi connectivity index (χ0) is 37.9. The number of benzene rings is 2. The van der Waals surface area contributed by atoms with Gasteiger partial charge in [-0.2, -0.15) is 0 Å². The number of nitrogens with zero attached hydrogens (tertiary/aromatic N) is 1. The fraction of sp³-hybridized carbons (Fsp3) is 0.472. The first kappa shape index (κ1) is 40.4. The molecule has 1 heterocycles. The van der Waals surface area contributed by atoms with Crippen molar-refractivity contribution in [2.24, 2.45) is 4.99 Å². The number of rotatable bonds is 10. The van der Waals surface area contributed by atoms with Crippen LogP contribution in [0.25, 0.3) is 0 Å². The van der Waals surface area contributed by atoms with Gasteiger partial charge in [-0.15, -0.1) is 0 Å². The number of amides is 3. The molecule has 0 saturated carbocycles. The van der Waals surface area contributed by atoms with Crippen LogP contribution >= 0.6 is 0 Å². The van der Waals surface area contributed by atoms with E-state index in [4.69, 9.17) is 23.7 Å². The summed E-state index contributed by atoms with van der Waals surface area (Å²) in [7, 11) is 1.24. The summed E-state index contributed by atoms with van der Waals surface area (Å²) in [6, 6.07) is 15.5. The maximum absolute atomic E-state index is 14.0. The molecule has 0 saturated heterocycles. The lowest BCUT2D eigenvalue weighted by Gasteiger charge is -2.40. The van der Waals surface area contributed by atoms with Crippen LogP contribution in [0.1, 0.15) is 65.7 Å². The number of guanidine groups is 1. The Labute approximate surface area is 297 Å². The molecule has 5 atom stereocenters. The van der Waals surface area contributed by atoms with Crippen molar-refractivity contribution in [2.75, 3.05) is 13.7 Å². The fourth-order valence-electron chi connectivity index (χ4n) is 5.03. The summed E-state index contributed by atoms with van der Waals surface area (Å²) in [5, 5.41) is 28.0. The lowest BCUT2D eigenvalue weighted by Crippen LogP contribution is -2.60. The number of carbonyl (C=O) groups is 4. The molecule has 1 aliphatic rings. The molecule has 15 heteroatoms. The highest BCUT2D eigenvalue weighted by Crippen LogP contribution is 2.31. The quantitative estimate of drug-likeness (QED) is 0.105. The molecule has 5 N–H and O–H groups in total. The molecule has 278 valence electrons. The number of nitrogens with one attached hydrogen (secondary N) is 3. The molecule has 15 nitrogen and oxygen atoms in total. The van der Waals surface area contributed by atoms with E-state index in [1.54, 1.807) is 90.1 Å². The van der Waals surface area contributed by atoms with E-state index in [0.717, 1.165) is 0 Å². The van der Waals surface area contributed by atoms with Crippen molar-refractivity contribution in [3.8, 4) is 0 Å². The monoisotopic (exact) mass is 712 g/mol. The molecule has 0 radical (unpaired) electrons. The maximum atomic E-state index is 14.0. The average molecular weight is 713 g/mol. The molecule has 2 aromatic rings. The molecule has 2 aromatic carbocycles. The Balaban J connectivity index is 2.18. The van der Waals surface area contributed by atoms with E-state index in [0.29, 0.717) is 11.1 Å². The van der Waals surface area contributed by atoms with E-state index in [2.05, 4.69) is 20.9 Å². The minimum atomic E-state index is -1.54. The minimum Gasteiger partial charge on any atom is -0.478 e. The zero-order valence-corrected chi connectivity index (χ0v) is 30.0. The minimum absolute atomic E-state index is 0.395. The van der Waals surface area contributed by atoms with Crippen LogP contribution in [0.15, 0.2) is 77.5 Å². The summed E-state index contributed by atoms with van der Waals surface area (Å²) in [4.78, 5) is 56.8. The van der Waals surface area contributed by atoms with Gasteiger partial charge in [0.05, 0.1) is 18.7 Å². The number of methoxy groups -OCH3 is 1. The van der Waals surface area contributed by atoms with E-state index in [-0.39, 0.29) is 0 Å². The van der Waals surface area contributed by atoms with Crippen LogP contribution in [-0.2, 0) is 33.3 Å². The van der Waals surface area contributed by atoms with Crippen LogP contribution in [0.2, 0.25) is 0 Å². The molecule has 0 aromatic heterocycles. The van der Waals surface area contributed by atoms with Crippen molar-refractivity contribution in [2.45, 2.75) is 96.2 Å². The van der Waals surface area contributed by atoms with Crippen molar-refractivity contribution < 1.29 is 53.1 Å². The highest BCUT2D eigenvalue weighted by molar-refractivity contribution is 6.01. The number of carbonyl (C=O) groups excluding carboxylic acids is 4. The van der Waals surface area contributed by atoms with Gasteiger partial charge in [0.15, 0.2) is 12.2 Å². The Kier molecular flexibility index (Phi) is 14.1. The normalized spacial score (nSPS) is 18.6. The highest BCUT2D eigenvalue weighted by atomic mass is 16.6. The van der Waals surface area contributed by atoms with E-state index in [9.17, 15) is 29.4 Å². The van der Waals surface area contributed by atoms with Gasteiger partial charge in [0.25, 0.3) is 0 Å². The number of ether oxygens (including phenoxy) is 5. The third-order valence-electron chi connectivity index (χ3n) is 6.99. The van der Waals surface area contributed by atoms with Crippen molar-refractivity contribution in [1.82, 2.24) is 16.0 Å².